The summed E-state index contributed by atoms with van der Waals surface area (Å²) in [4.78, 5) is 9.96. The first kappa shape index (κ1) is 17.1. The zero-order valence-electron chi connectivity index (χ0n) is 16.4. The fourth-order valence-corrected chi connectivity index (χ4v) is 4.64. The molecule has 5 rings (SSSR count). The van der Waals surface area contributed by atoms with Crippen LogP contribution in [0.15, 0.2) is 77.8 Å². The van der Waals surface area contributed by atoms with Crippen molar-refractivity contribution in [2.24, 2.45) is 10.9 Å². The molecule has 2 heteroatoms. The molecule has 1 aliphatic heterocycles. The van der Waals surface area contributed by atoms with Gasteiger partial charge in [0.1, 0.15) is 0 Å². The summed E-state index contributed by atoms with van der Waals surface area (Å²) in [7, 11) is 0. The number of rotatable bonds is 2. The lowest BCUT2D eigenvalue weighted by molar-refractivity contribution is 0.518. The van der Waals surface area contributed by atoms with E-state index in [4.69, 9.17) is 9.98 Å². The van der Waals surface area contributed by atoms with Crippen molar-refractivity contribution < 1.29 is 0 Å². The second-order valence-corrected chi connectivity index (χ2v) is 7.95. The van der Waals surface area contributed by atoms with E-state index >= 15 is 0 Å². The maximum Gasteiger partial charge on any atom is 0.0970 e. The predicted molar refractivity (Wildman–Crippen MR) is 118 cm³/mol. The number of aromatic nitrogens is 1. The third-order valence-electron chi connectivity index (χ3n) is 5.95. The molecule has 2 unspecified atom stereocenters. The van der Waals surface area contributed by atoms with E-state index in [9.17, 15) is 0 Å². The third-order valence-corrected chi connectivity index (χ3v) is 5.95. The van der Waals surface area contributed by atoms with Gasteiger partial charge in [-0.15, -0.1) is 0 Å². The van der Waals surface area contributed by atoms with Gasteiger partial charge in [-0.3, -0.25) is 9.98 Å². The summed E-state index contributed by atoms with van der Waals surface area (Å²) in [5.74, 6) is 1.01. The van der Waals surface area contributed by atoms with Crippen LogP contribution in [0.1, 0.15) is 36.9 Å². The van der Waals surface area contributed by atoms with Crippen molar-refractivity contribution in [1.29, 1.82) is 0 Å². The summed E-state index contributed by atoms with van der Waals surface area (Å²) in [5.41, 5.74) is 8.17. The Balaban J connectivity index is 1.73. The lowest BCUT2D eigenvalue weighted by atomic mass is 9.77. The lowest BCUT2D eigenvalue weighted by Gasteiger charge is -2.30. The van der Waals surface area contributed by atoms with Crippen LogP contribution in [-0.2, 0) is 0 Å². The van der Waals surface area contributed by atoms with Crippen LogP contribution in [0.25, 0.3) is 22.0 Å². The second kappa shape index (κ2) is 6.87. The summed E-state index contributed by atoms with van der Waals surface area (Å²) >= 11 is 0. The zero-order chi connectivity index (χ0) is 19.1. The summed E-state index contributed by atoms with van der Waals surface area (Å²) in [6.07, 6.45) is 11.1. The topological polar surface area (TPSA) is 25.2 Å². The molecule has 2 atom stereocenters. The molecule has 2 nitrogen and oxygen atoms in total. The van der Waals surface area contributed by atoms with Crippen LogP contribution < -0.4 is 0 Å². The van der Waals surface area contributed by atoms with Gasteiger partial charge in [-0.05, 0) is 61.3 Å². The molecule has 2 heterocycles. The summed E-state index contributed by atoms with van der Waals surface area (Å²) in [6.45, 7) is 4.24. The van der Waals surface area contributed by atoms with Gasteiger partial charge in [-0.25, -0.2) is 0 Å². The van der Waals surface area contributed by atoms with Crippen molar-refractivity contribution in [3.8, 4) is 11.1 Å². The highest BCUT2D eigenvalue weighted by Crippen LogP contribution is 2.45. The first-order valence-electron chi connectivity index (χ1n) is 10.1. The summed E-state index contributed by atoms with van der Waals surface area (Å²) < 4.78 is 0. The average molecular weight is 364 g/mol. The Bertz CT molecular complexity index is 1140. The molecule has 2 aliphatic rings. The summed E-state index contributed by atoms with van der Waals surface area (Å²) in [5, 5.41) is 1.19. The molecule has 0 fully saturated rings. The van der Waals surface area contributed by atoms with Gasteiger partial charge in [-0.1, -0.05) is 66.8 Å². The highest BCUT2D eigenvalue weighted by atomic mass is 14.8. The zero-order valence-corrected chi connectivity index (χ0v) is 16.4. The van der Waals surface area contributed by atoms with Crippen molar-refractivity contribution in [3.63, 3.8) is 0 Å². The van der Waals surface area contributed by atoms with Crippen molar-refractivity contribution in [3.05, 3.63) is 84.1 Å². The van der Waals surface area contributed by atoms with Gasteiger partial charge in [0.05, 0.1) is 11.2 Å². The van der Waals surface area contributed by atoms with Crippen LogP contribution in [0.3, 0.4) is 0 Å². The lowest BCUT2D eigenvalue weighted by Crippen LogP contribution is -2.18. The Kier molecular flexibility index (Phi) is 4.20. The molecule has 0 saturated heterocycles. The van der Waals surface area contributed by atoms with E-state index < -0.39 is 0 Å². The van der Waals surface area contributed by atoms with Crippen LogP contribution in [-0.4, -0.2) is 10.7 Å². The highest BCUT2D eigenvalue weighted by Gasteiger charge is 2.29. The Morgan fingerprint density at radius 1 is 0.964 bits per heavy atom. The van der Waals surface area contributed by atoms with Crippen LogP contribution in [0.5, 0.6) is 0 Å². The Labute approximate surface area is 166 Å². The van der Waals surface area contributed by atoms with Gasteiger partial charge < -0.3 is 0 Å². The smallest absolute Gasteiger partial charge is 0.0970 e. The minimum Gasteiger partial charge on any atom is -0.256 e. The summed E-state index contributed by atoms with van der Waals surface area (Å²) in [6, 6.07) is 17.3. The normalized spacial score (nSPS) is 20.9. The molecular weight excluding hydrogens is 340 g/mol. The molecule has 0 saturated carbocycles. The monoisotopic (exact) mass is 364 g/mol. The number of hydrogen-bond acceptors (Lipinski definition) is 2. The van der Waals surface area contributed by atoms with Crippen LogP contribution >= 0.6 is 0 Å². The van der Waals surface area contributed by atoms with Gasteiger partial charge in [0.15, 0.2) is 0 Å². The SMILES string of the molecule is CC1=Nc2c(ccc3c(-c4ccccc4)cc(C)nc23)C(C2C=CC=CC2)C1. The fourth-order valence-electron chi connectivity index (χ4n) is 4.64. The van der Waals surface area contributed by atoms with E-state index in [0.717, 1.165) is 29.7 Å². The molecule has 2 aromatic carbocycles. The molecule has 1 aromatic heterocycles. The number of benzene rings is 2. The maximum atomic E-state index is 5.01. The second-order valence-electron chi connectivity index (χ2n) is 7.95. The van der Waals surface area contributed by atoms with E-state index in [1.807, 2.05) is 0 Å². The minimum atomic E-state index is 0.473. The molecule has 0 spiro atoms. The highest BCUT2D eigenvalue weighted by molar-refractivity contribution is 6.03. The molecule has 0 amide bonds. The Morgan fingerprint density at radius 3 is 2.61 bits per heavy atom. The van der Waals surface area contributed by atoms with E-state index in [2.05, 4.69) is 86.7 Å². The standard InChI is InChI=1S/C26H24N2/c1-17-15-23(19-9-5-3-6-10-19)21-13-14-22-24(20-11-7-4-8-12-20)16-18(2)28-26(22)25(21)27-17/h3-11,13-15,20,24H,12,16H2,1-2H3. The molecule has 28 heavy (non-hydrogen) atoms. The minimum absolute atomic E-state index is 0.473. The fraction of sp³-hybridized carbons (Fsp3) is 0.231. The number of allylic oxidation sites excluding steroid dienone is 4. The van der Waals surface area contributed by atoms with Crippen molar-refractivity contribution in [1.82, 2.24) is 4.98 Å². The molecule has 0 N–H and O–H groups in total. The van der Waals surface area contributed by atoms with Crippen LogP contribution in [0.2, 0.25) is 0 Å². The average Bonchev–Trinajstić information content (AvgIpc) is 2.74. The van der Waals surface area contributed by atoms with E-state index in [0.29, 0.717) is 11.8 Å². The van der Waals surface area contributed by atoms with Crippen molar-refractivity contribution >= 4 is 22.3 Å². The van der Waals surface area contributed by atoms with Gasteiger partial charge >= 0.3 is 0 Å². The Hall–Kier alpha value is -3.00. The molecular formula is C26H24N2. The first-order valence-corrected chi connectivity index (χ1v) is 10.1. The van der Waals surface area contributed by atoms with Crippen LogP contribution in [0, 0.1) is 12.8 Å². The van der Waals surface area contributed by atoms with Crippen molar-refractivity contribution in [2.45, 2.75) is 32.6 Å². The van der Waals surface area contributed by atoms with Gasteiger partial charge in [0.25, 0.3) is 0 Å². The molecule has 0 radical (unpaired) electrons. The predicted octanol–water partition coefficient (Wildman–Crippen LogP) is 6.92. The maximum absolute atomic E-state index is 5.01. The molecule has 1 aliphatic carbocycles. The molecule has 138 valence electrons. The number of fused-ring (bicyclic) bond motifs is 3. The van der Waals surface area contributed by atoms with E-state index in [-0.39, 0.29) is 0 Å². The molecule has 3 aromatic rings. The quantitative estimate of drug-likeness (QED) is 0.484. The van der Waals surface area contributed by atoms with Crippen molar-refractivity contribution in [2.75, 3.05) is 0 Å². The van der Waals surface area contributed by atoms with E-state index in [1.165, 1.54) is 27.8 Å². The first-order chi connectivity index (χ1) is 13.7. The largest absolute Gasteiger partial charge is 0.256 e. The Morgan fingerprint density at radius 2 is 1.82 bits per heavy atom. The molecule has 0 bridgehead atoms. The van der Waals surface area contributed by atoms with Crippen LogP contribution in [0.4, 0.5) is 5.69 Å². The number of pyridine rings is 1. The number of aryl methyl sites for hydroxylation is 1. The number of hydrogen-bond donors (Lipinski definition) is 0. The number of nitrogens with zero attached hydrogens (tertiary/aromatic N) is 2. The number of aliphatic imine (C=N–C) groups is 1. The van der Waals surface area contributed by atoms with E-state index in [1.54, 1.807) is 0 Å². The van der Waals surface area contributed by atoms with Gasteiger partial charge in [0.2, 0.25) is 0 Å². The van der Waals surface area contributed by atoms with Gasteiger partial charge in [-0.2, -0.15) is 0 Å². The third kappa shape index (κ3) is 2.90. The van der Waals surface area contributed by atoms with Gasteiger partial charge in [0, 0.05) is 16.8 Å².